The summed E-state index contributed by atoms with van der Waals surface area (Å²) in [5, 5.41) is 1.66. The van der Waals surface area contributed by atoms with E-state index in [1.54, 1.807) is 14.2 Å². The summed E-state index contributed by atoms with van der Waals surface area (Å²) in [5.74, 6) is 1.59. The van der Waals surface area contributed by atoms with Crippen LogP contribution in [0.25, 0.3) is 27.7 Å². The lowest BCUT2D eigenvalue weighted by molar-refractivity contribution is 0.414. The van der Waals surface area contributed by atoms with E-state index in [0.717, 1.165) is 45.0 Å². The van der Waals surface area contributed by atoms with Crippen molar-refractivity contribution < 1.29 is 9.47 Å². The quantitative estimate of drug-likeness (QED) is 0.308. The lowest BCUT2D eigenvalue weighted by atomic mass is 9.93. The average Bonchev–Trinajstić information content (AvgIpc) is 2.91. The minimum absolute atomic E-state index is 0.0360. The monoisotopic (exact) mass is 447 g/mol. The third-order valence-corrected chi connectivity index (χ3v) is 6.11. The zero-order valence-corrected chi connectivity index (χ0v) is 19.2. The van der Waals surface area contributed by atoms with Crippen molar-refractivity contribution in [2.24, 2.45) is 0 Å². The standard InChI is InChI=1S/C30H25NO3/c1-33-24-16-12-21(13-17-24)20-28-26-10-6-7-11-27(26)30(32)31(23-8-4-3-5-9-23)29(28)22-14-18-25(34-2)19-15-22/h3-19H,20H2,1-2H3. The van der Waals surface area contributed by atoms with Gasteiger partial charge in [-0.2, -0.15) is 0 Å². The fourth-order valence-corrected chi connectivity index (χ4v) is 4.42. The van der Waals surface area contributed by atoms with Crippen molar-refractivity contribution in [2.45, 2.75) is 6.42 Å². The van der Waals surface area contributed by atoms with Crippen molar-refractivity contribution in [1.82, 2.24) is 4.57 Å². The number of para-hydroxylation sites is 1. The summed E-state index contributed by atoms with van der Waals surface area (Å²) < 4.78 is 12.6. The number of hydrogen-bond donors (Lipinski definition) is 0. The van der Waals surface area contributed by atoms with E-state index in [2.05, 4.69) is 12.1 Å². The van der Waals surface area contributed by atoms with Crippen LogP contribution >= 0.6 is 0 Å². The number of nitrogens with zero attached hydrogens (tertiary/aromatic N) is 1. The Kier molecular flexibility index (Phi) is 5.88. The molecule has 0 aliphatic heterocycles. The van der Waals surface area contributed by atoms with Crippen LogP contribution in [0.4, 0.5) is 0 Å². The molecule has 5 rings (SSSR count). The Labute approximate surface area is 198 Å². The molecule has 4 heteroatoms. The fraction of sp³-hybridized carbons (Fsp3) is 0.100. The van der Waals surface area contributed by atoms with Gasteiger partial charge in [-0.1, -0.05) is 48.5 Å². The molecule has 168 valence electrons. The number of hydrogen-bond acceptors (Lipinski definition) is 3. The number of ether oxygens (including phenoxy) is 2. The lowest BCUT2D eigenvalue weighted by Crippen LogP contribution is -2.22. The first kappa shape index (κ1) is 21.5. The predicted octanol–water partition coefficient (Wildman–Crippen LogP) is 6.27. The second kappa shape index (κ2) is 9.28. The first-order valence-corrected chi connectivity index (χ1v) is 11.2. The first-order valence-electron chi connectivity index (χ1n) is 11.2. The van der Waals surface area contributed by atoms with E-state index in [1.807, 2.05) is 95.6 Å². The molecule has 0 saturated carbocycles. The summed E-state index contributed by atoms with van der Waals surface area (Å²) in [5.41, 5.74) is 4.86. The molecule has 0 amide bonds. The molecule has 5 aromatic rings. The predicted molar refractivity (Wildman–Crippen MR) is 137 cm³/mol. The Morgan fingerprint density at radius 2 is 1.21 bits per heavy atom. The molecule has 0 aliphatic rings. The zero-order chi connectivity index (χ0) is 23.5. The number of methoxy groups -OCH3 is 2. The van der Waals surface area contributed by atoms with E-state index in [4.69, 9.17) is 9.47 Å². The van der Waals surface area contributed by atoms with E-state index in [0.29, 0.717) is 11.8 Å². The molecule has 0 fully saturated rings. The summed E-state index contributed by atoms with van der Waals surface area (Å²) in [7, 11) is 3.32. The van der Waals surface area contributed by atoms with E-state index in [9.17, 15) is 4.79 Å². The highest BCUT2D eigenvalue weighted by molar-refractivity contribution is 5.91. The third kappa shape index (κ3) is 3.95. The van der Waals surface area contributed by atoms with Gasteiger partial charge in [0.15, 0.2) is 0 Å². The van der Waals surface area contributed by atoms with Gasteiger partial charge in [0.25, 0.3) is 5.56 Å². The number of aromatic nitrogens is 1. The van der Waals surface area contributed by atoms with Gasteiger partial charge < -0.3 is 9.47 Å². The minimum Gasteiger partial charge on any atom is -0.497 e. The van der Waals surface area contributed by atoms with Crippen LogP contribution < -0.4 is 15.0 Å². The van der Waals surface area contributed by atoms with Crippen LogP contribution in [0.3, 0.4) is 0 Å². The number of rotatable bonds is 6. The van der Waals surface area contributed by atoms with Gasteiger partial charge >= 0.3 is 0 Å². The largest absolute Gasteiger partial charge is 0.497 e. The van der Waals surface area contributed by atoms with Crippen molar-refractivity contribution in [2.75, 3.05) is 14.2 Å². The Bertz CT molecular complexity index is 1490. The molecule has 0 radical (unpaired) electrons. The minimum atomic E-state index is -0.0360. The lowest BCUT2D eigenvalue weighted by Gasteiger charge is -2.21. The molecule has 34 heavy (non-hydrogen) atoms. The van der Waals surface area contributed by atoms with Crippen molar-refractivity contribution >= 4 is 10.8 Å². The van der Waals surface area contributed by atoms with E-state index in [-0.39, 0.29) is 5.56 Å². The molecule has 1 aromatic heterocycles. The zero-order valence-electron chi connectivity index (χ0n) is 19.2. The maximum atomic E-state index is 13.9. The molecule has 1 heterocycles. The van der Waals surface area contributed by atoms with E-state index < -0.39 is 0 Å². The van der Waals surface area contributed by atoms with Gasteiger partial charge in [-0.05, 0) is 76.7 Å². The van der Waals surface area contributed by atoms with Gasteiger partial charge in [0.2, 0.25) is 0 Å². The van der Waals surface area contributed by atoms with Crippen molar-refractivity contribution in [1.29, 1.82) is 0 Å². The Morgan fingerprint density at radius 1 is 0.647 bits per heavy atom. The van der Waals surface area contributed by atoms with Crippen molar-refractivity contribution in [3.63, 3.8) is 0 Å². The normalized spacial score (nSPS) is 10.9. The van der Waals surface area contributed by atoms with E-state index in [1.165, 1.54) is 0 Å². The summed E-state index contributed by atoms with van der Waals surface area (Å²) >= 11 is 0. The molecule has 0 atom stereocenters. The van der Waals surface area contributed by atoms with Crippen molar-refractivity contribution in [3.8, 4) is 28.4 Å². The van der Waals surface area contributed by atoms with Crippen molar-refractivity contribution in [3.05, 3.63) is 125 Å². The van der Waals surface area contributed by atoms with Gasteiger partial charge in [0, 0.05) is 17.5 Å². The highest BCUT2D eigenvalue weighted by Gasteiger charge is 2.19. The van der Waals surface area contributed by atoms with Gasteiger partial charge in [0.1, 0.15) is 11.5 Å². The molecule has 0 saturated heterocycles. The third-order valence-electron chi connectivity index (χ3n) is 6.11. The molecular weight excluding hydrogens is 422 g/mol. The molecule has 0 spiro atoms. The Morgan fingerprint density at radius 3 is 1.82 bits per heavy atom. The fourth-order valence-electron chi connectivity index (χ4n) is 4.42. The molecule has 0 bridgehead atoms. The smallest absolute Gasteiger partial charge is 0.263 e. The summed E-state index contributed by atoms with van der Waals surface area (Å²) in [6, 6.07) is 33.7. The summed E-state index contributed by atoms with van der Waals surface area (Å²) in [6.07, 6.45) is 0.666. The van der Waals surface area contributed by atoms with Crippen LogP contribution in [0.15, 0.2) is 108 Å². The molecule has 4 nitrogen and oxygen atoms in total. The van der Waals surface area contributed by atoms with Gasteiger partial charge in [-0.15, -0.1) is 0 Å². The van der Waals surface area contributed by atoms with E-state index >= 15 is 0 Å². The Balaban J connectivity index is 1.85. The molecule has 0 N–H and O–H groups in total. The summed E-state index contributed by atoms with van der Waals surface area (Å²) in [6.45, 7) is 0. The SMILES string of the molecule is COc1ccc(Cc2c(-c3ccc(OC)cc3)n(-c3ccccc3)c(=O)c3ccccc23)cc1. The molecule has 0 unspecified atom stereocenters. The van der Waals surface area contributed by atoms with Gasteiger partial charge in [-0.25, -0.2) is 0 Å². The molecule has 0 aliphatic carbocycles. The topological polar surface area (TPSA) is 40.5 Å². The first-order chi connectivity index (χ1) is 16.7. The van der Waals surface area contributed by atoms with Crippen LogP contribution in [0.5, 0.6) is 11.5 Å². The highest BCUT2D eigenvalue weighted by Crippen LogP contribution is 2.33. The number of benzene rings is 4. The van der Waals surface area contributed by atoms with Crippen LogP contribution in [-0.4, -0.2) is 18.8 Å². The maximum Gasteiger partial charge on any atom is 0.263 e. The molecular formula is C30H25NO3. The summed E-state index contributed by atoms with van der Waals surface area (Å²) in [4.78, 5) is 13.9. The van der Waals surface area contributed by atoms with Gasteiger partial charge in [0.05, 0.1) is 19.9 Å². The van der Waals surface area contributed by atoms with Crippen LogP contribution in [-0.2, 0) is 6.42 Å². The van der Waals surface area contributed by atoms with Crippen LogP contribution in [0.2, 0.25) is 0 Å². The highest BCUT2D eigenvalue weighted by atomic mass is 16.5. The second-order valence-electron chi connectivity index (χ2n) is 8.10. The number of pyridine rings is 1. The molecule has 4 aromatic carbocycles. The maximum absolute atomic E-state index is 13.9. The Hall–Kier alpha value is -4.31. The van der Waals surface area contributed by atoms with Crippen LogP contribution in [0.1, 0.15) is 11.1 Å². The second-order valence-corrected chi connectivity index (χ2v) is 8.10. The average molecular weight is 448 g/mol. The number of fused-ring (bicyclic) bond motifs is 1. The van der Waals surface area contributed by atoms with Crippen LogP contribution in [0, 0.1) is 0 Å². The van der Waals surface area contributed by atoms with Gasteiger partial charge in [-0.3, -0.25) is 9.36 Å².